The first-order valence-electron chi connectivity index (χ1n) is 7.24. The van der Waals surface area contributed by atoms with E-state index in [0.29, 0.717) is 23.5 Å². The van der Waals surface area contributed by atoms with Gasteiger partial charge in [0.25, 0.3) is 0 Å². The number of furan rings is 1. The maximum atomic E-state index is 12.4. The second-order valence-electron chi connectivity index (χ2n) is 5.32. The minimum absolute atomic E-state index is 0.130. The first-order valence-corrected chi connectivity index (χ1v) is 8.72. The van der Waals surface area contributed by atoms with Crippen LogP contribution in [0.2, 0.25) is 0 Å². The number of methoxy groups -OCH3 is 1. The van der Waals surface area contributed by atoms with Gasteiger partial charge in [-0.1, -0.05) is 0 Å². The Morgan fingerprint density at radius 2 is 2.13 bits per heavy atom. The van der Waals surface area contributed by atoms with E-state index >= 15 is 0 Å². The van der Waals surface area contributed by atoms with Gasteiger partial charge in [-0.2, -0.15) is 0 Å². The Bertz CT molecular complexity index is 725. The van der Waals surface area contributed by atoms with Crippen LogP contribution in [0.25, 0.3) is 0 Å². The fourth-order valence-electron chi connectivity index (χ4n) is 2.27. The van der Waals surface area contributed by atoms with E-state index in [9.17, 15) is 13.5 Å². The molecule has 0 spiro atoms. The van der Waals surface area contributed by atoms with E-state index in [2.05, 4.69) is 4.72 Å². The van der Waals surface area contributed by atoms with Gasteiger partial charge in [-0.05, 0) is 42.8 Å². The van der Waals surface area contributed by atoms with Crippen molar-refractivity contribution in [3.8, 4) is 5.75 Å². The predicted octanol–water partition coefficient (Wildman–Crippen LogP) is 1.73. The summed E-state index contributed by atoms with van der Waals surface area (Å²) in [4.78, 5) is 0.202. The Morgan fingerprint density at radius 1 is 1.35 bits per heavy atom. The van der Waals surface area contributed by atoms with Crippen molar-refractivity contribution in [3.05, 3.63) is 47.9 Å². The van der Waals surface area contributed by atoms with Crippen LogP contribution in [-0.4, -0.2) is 33.8 Å². The highest BCUT2D eigenvalue weighted by molar-refractivity contribution is 7.89. The number of hydrogen-bond acceptors (Lipinski definition) is 5. The number of rotatable bonds is 8. The molecule has 2 aromatic rings. The number of hydrogen-bond donors (Lipinski definition) is 2. The molecular weight excluding hydrogens is 318 g/mol. The lowest BCUT2D eigenvalue weighted by atomic mass is 10.1. The Kier molecular flexibility index (Phi) is 5.81. The fraction of sp³-hybridized carbons (Fsp3) is 0.375. The third-order valence-corrected chi connectivity index (χ3v) is 5.15. The van der Waals surface area contributed by atoms with Crippen LogP contribution in [0.5, 0.6) is 5.75 Å². The second kappa shape index (κ2) is 7.63. The minimum atomic E-state index is -3.65. The third kappa shape index (κ3) is 4.57. The molecule has 23 heavy (non-hydrogen) atoms. The minimum Gasteiger partial charge on any atom is -0.497 e. The van der Waals surface area contributed by atoms with E-state index in [-0.39, 0.29) is 24.0 Å². The summed E-state index contributed by atoms with van der Waals surface area (Å²) >= 11 is 0. The molecule has 1 heterocycles. The summed E-state index contributed by atoms with van der Waals surface area (Å²) in [5, 5.41) is 9.42. The quantitative estimate of drug-likeness (QED) is 0.764. The largest absolute Gasteiger partial charge is 0.497 e. The SMILES string of the molecule is COc1ccc(S(=O)(=O)NCC(CO)Cc2ccco2)c(C)c1. The van der Waals surface area contributed by atoms with Crippen molar-refractivity contribution >= 4 is 10.0 Å². The highest BCUT2D eigenvalue weighted by Gasteiger charge is 2.19. The number of ether oxygens (including phenoxy) is 1. The Balaban J connectivity index is 2.05. The average Bonchev–Trinajstić information content (AvgIpc) is 3.04. The van der Waals surface area contributed by atoms with Crippen LogP contribution in [-0.2, 0) is 16.4 Å². The lowest BCUT2D eigenvalue weighted by molar-refractivity contribution is 0.221. The zero-order valence-electron chi connectivity index (χ0n) is 13.2. The van der Waals surface area contributed by atoms with Crippen molar-refractivity contribution in [1.82, 2.24) is 4.72 Å². The molecule has 0 aliphatic rings. The molecule has 0 aliphatic heterocycles. The molecule has 0 radical (unpaired) electrons. The van der Waals surface area contributed by atoms with E-state index in [1.54, 1.807) is 37.5 Å². The van der Waals surface area contributed by atoms with Gasteiger partial charge in [-0.3, -0.25) is 0 Å². The van der Waals surface area contributed by atoms with Crippen molar-refractivity contribution in [2.45, 2.75) is 18.2 Å². The highest BCUT2D eigenvalue weighted by atomic mass is 32.2. The maximum absolute atomic E-state index is 12.4. The molecule has 2 rings (SSSR count). The van der Waals surface area contributed by atoms with Crippen molar-refractivity contribution in [1.29, 1.82) is 0 Å². The molecule has 1 aromatic carbocycles. The number of sulfonamides is 1. The van der Waals surface area contributed by atoms with Gasteiger partial charge in [0.05, 0.1) is 18.3 Å². The summed E-state index contributed by atoms with van der Waals surface area (Å²) in [5.41, 5.74) is 0.600. The van der Waals surface area contributed by atoms with Crippen LogP contribution in [0, 0.1) is 12.8 Å². The first kappa shape index (κ1) is 17.5. The van der Waals surface area contributed by atoms with Crippen LogP contribution < -0.4 is 9.46 Å². The molecule has 1 unspecified atom stereocenters. The predicted molar refractivity (Wildman–Crippen MR) is 85.9 cm³/mol. The van der Waals surface area contributed by atoms with Gasteiger partial charge in [0.1, 0.15) is 11.5 Å². The van der Waals surface area contributed by atoms with E-state index in [0.717, 1.165) is 0 Å². The molecule has 0 bridgehead atoms. The van der Waals surface area contributed by atoms with Crippen LogP contribution in [0.4, 0.5) is 0 Å². The second-order valence-corrected chi connectivity index (χ2v) is 7.05. The topological polar surface area (TPSA) is 88.8 Å². The summed E-state index contributed by atoms with van der Waals surface area (Å²) in [6.07, 6.45) is 2.02. The lowest BCUT2D eigenvalue weighted by Crippen LogP contribution is -2.32. The normalized spacial score (nSPS) is 13.0. The number of aliphatic hydroxyl groups excluding tert-OH is 1. The summed E-state index contributed by atoms with van der Waals surface area (Å²) in [6, 6.07) is 8.34. The molecule has 0 amide bonds. The van der Waals surface area contributed by atoms with Gasteiger partial charge in [0.15, 0.2) is 0 Å². The van der Waals surface area contributed by atoms with E-state index in [1.165, 1.54) is 13.2 Å². The standard InChI is InChI=1S/C16H21NO5S/c1-12-8-14(21-2)5-6-16(12)23(19,20)17-10-13(11-18)9-15-4-3-7-22-15/h3-8,13,17-18H,9-11H2,1-2H3. The summed E-state index contributed by atoms with van der Waals surface area (Å²) < 4.78 is 37.7. The Labute approximate surface area is 136 Å². The summed E-state index contributed by atoms with van der Waals surface area (Å²) in [7, 11) is -2.12. The summed E-state index contributed by atoms with van der Waals surface area (Å²) in [6.45, 7) is 1.71. The fourth-order valence-corrected chi connectivity index (χ4v) is 3.61. The summed E-state index contributed by atoms with van der Waals surface area (Å²) in [5.74, 6) is 1.06. The van der Waals surface area contributed by atoms with Gasteiger partial charge in [-0.15, -0.1) is 0 Å². The molecule has 7 heteroatoms. The molecule has 6 nitrogen and oxygen atoms in total. The number of benzene rings is 1. The third-order valence-electron chi connectivity index (χ3n) is 3.56. The van der Waals surface area contributed by atoms with Gasteiger partial charge in [0.2, 0.25) is 10.0 Å². The first-order chi connectivity index (χ1) is 11.0. The van der Waals surface area contributed by atoms with Crippen molar-refractivity contribution < 1.29 is 22.7 Å². The molecule has 0 fully saturated rings. The van der Waals surface area contributed by atoms with Crippen molar-refractivity contribution in [2.75, 3.05) is 20.3 Å². The van der Waals surface area contributed by atoms with E-state index in [4.69, 9.17) is 9.15 Å². The van der Waals surface area contributed by atoms with Gasteiger partial charge >= 0.3 is 0 Å². The molecule has 2 N–H and O–H groups in total. The Morgan fingerprint density at radius 3 is 2.70 bits per heavy atom. The molecule has 126 valence electrons. The number of nitrogens with one attached hydrogen (secondary N) is 1. The van der Waals surface area contributed by atoms with Crippen LogP contribution >= 0.6 is 0 Å². The number of aliphatic hydroxyl groups is 1. The molecule has 0 aliphatic carbocycles. The molecule has 0 saturated heterocycles. The monoisotopic (exact) mass is 339 g/mol. The maximum Gasteiger partial charge on any atom is 0.240 e. The van der Waals surface area contributed by atoms with E-state index in [1.807, 2.05) is 0 Å². The van der Waals surface area contributed by atoms with Crippen molar-refractivity contribution in [2.24, 2.45) is 5.92 Å². The smallest absolute Gasteiger partial charge is 0.240 e. The number of aryl methyl sites for hydroxylation is 1. The molecule has 0 saturated carbocycles. The van der Waals surface area contributed by atoms with Crippen LogP contribution in [0.3, 0.4) is 0 Å². The van der Waals surface area contributed by atoms with Crippen LogP contribution in [0.1, 0.15) is 11.3 Å². The molecule has 1 atom stereocenters. The van der Waals surface area contributed by atoms with Gasteiger partial charge < -0.3 is 14.3 Å². The van der Waals surface area contributed by atoms with Crippen LogP contribution in [0.15, 0.2) is 45.9 Å². The molecular formula is C16H21NO5S. The van der Waals surface area contributed by atoms with Gasteiger partial charge in [0, 0.05) is 25.5 Å². The zero-order chi connectivity index (χ0) is 16.9. The lowest BCUT2D eigenvalue weighted by Gasteiger charge is -2.15. The Hall–Kier alpha value is -1.83. The highest BCUT2D eigenvalue weighted by Crippen LogP contribution is 2.21. The zero-order valence-corrected chi connectivity index (χ0v) is 14.0. The van der Waals surface area contributed by atoms with Gasteiger partial charge in [-0.25, -0.2) is 13.1 Å². The average molecular weight is 339 g/mol. The van der Waals surface area contributed by atoms with Crippen molar-refractivity contribution in [3.63, 3.8) is 0 Å². The molecule has 1 aromatic heterocycles. The van der Waals surface area contributed by atoms with E-state index < -0.39 is 10.0 Å².